The number of carbonyl (C=O) groups excluding carboxylic acids is 2. The Morgan fingerprint density at radius 2 is 1.71 bits per heavy atom. The molecule has 0 aliphatic heterocycles. The number of nitrogens with one attached hydrogen (secondary N) is 1. The van der Waals surface area contributed by atoms with Gasteiger partial charge in [0.1, 0.15) is 5.75 Å². The van der Waals surface area contributed by atoms with Gasteiger partial charge in [-0.05, 0) is 48.6 Å². The Balaban J connectivity index is 1.76. The highest BCUT2D eigenvalue weighted by atomic mass is 16.5. The van der Waals surface area contributed by atoms with Gasteiger partial charge in [-0.3, -0.25) is 9.59 Å². The number of nitrogens with zero attached hydrogens (tertiary/aromatic N) is 2. The van der Waals surface area contributed by atoms with Crippen molar-refractivity contribution in [3.05, 3.63) is 65.9 Å². The predicted molar refractivity (Wildman–Crippen MR) is 138 cm³/mol. The van der Waals surface area contributed by atoms with Gasteiger partial charge in [-0.2, -0.15) is 0 Å². The van der Waals surface area contributed by atoms with Gasteiger partial charge in [0, 0.05) is 56.9 Å². The maximum absolute atomic E-state index is 13.5. The number of methoxy groups -OCH3 is 2. The number of rotatable bonds is 14. The summed E-state index contributed by atoms with van der Waals surface area (Å²) in [6, 6.07) is 15.9. The molecule has 0 aliphatic rings. The van der Waals surface area contributed by atoms with E-state index in [0.717, 1.165) is 29.7 Å². The zero-order chi connectivity index (χ0) is 25.0. The maximum atomic E-state index is 13.5. The minimum Gasteiger partial charge on any atom is -0.497 e. The number of benzene rings is 2. The number of amides is 2. The fourth-order valence-corrected chi connectivity index (χ4v) is 4.16. The molecule has 0 spiro atoms. The van der Waals surface area contributed by atoms with Crippen molar-refractivity contribution in [1.29, 1.82) is 0 Å². The van der Waals surface area contributed by atoms with Crippen LogP contribution in [-0.2, 0) is 27.3 Å². The normalized spacial score (nSPS) is 10.9. The van der Waals surface area contributed by atoms with Crippen molar-refractivity contribution in [2.45, 2.75) is 39.2 Å². The Labute approximate surface area is 208 Å². The second-order valence-corrected chi connectivity index (χ2v) is 8.68. The summed E-state index contributed by atoms with van der Waals surface area (Å²) in [6.45, 7) is 4.15. The number of H-pyrrole nitrogens is 1. The first-order chi connectivity index (χ1) is 17.0. The van der Waals surface area contributed by atoms with Gasteiger partial charge in [0.2, 0.25) is 11.8 Å². The van der Waals surface area contributed by atoms with Crippen LogP contribution in [0.15, 0.2) is 54.7 Å². The molecule has 0 saturated heterocycles. The van der Waals surface area contributed by atoms with Crippen LogP contribution in [0.1, 0.15) is 37.3 Å². The van der Waals surface area contributed by atoms with E-state index in [9.17, 15) is 9.59 Å². The quantitative estimate of drug-likeness (QED) is 0.348. The van der Waals surface area contributed by atoms with Crippen LogP contribution in [0.5, 0.6) is 5.75 Å². The zero-order valence-corrected chi connectivity index (χ0v) is 21.1. The lowest BCUT2D eigenvalue weighted by molar-refractivity contribution is -0.141. The van der Waals surface area contributed by atoms with Gasteiger partial charge in [0.05, 0.1) is 13.7 Å². The summed E-state index contributed by atoms with van der Waals surface area (Å²) >= 11 is 0. The first-order valence-corrected chi connectivity index (χ1v) is 12.3. The van der Waals surface area contributed by atoms with Gasteiger partial charge in [-0.15, -0.1) is 0 Å². The van der Waals surface area contributed by atoms with Crippen molar-refractivity contribution in [2.75, 3.05) is 40.5 Å². The Bertz CT molecular complexity index is 1080. The summed E-state index contributed by atoms with van der Waals surface area (Å²) in [5.41, 5.74) is 3.28. The van der Waals surface area contributed by atoms with E-state index in [1.54, 1.807) is 19.1 Å². The van der Waals surface area contributed by atoms with Crippen molar-refractivity contribution in [1.82, 2.24) is 14.8 Å². The third kappa shape index (κ3) is 7.59. The van der Waals surface area contributed by atoms with Gasteiger partial charge in [0.25, 0.3) is 0 Å². The summed E-state index contributed by atoms with van der Waals surface area (Å²) in [7, 11) is 3.28. The highest BCUT2D eigenvalue weighted by molar-refractivity contribution is 5.85. The molecular weight excluding hydrogens is 442 g/mol. The molecule has 1 heterocycles. The van der Waals surface area contributed by atoms with E-state index >= 15 is 0 Å². The maximum Gasteiger partial charge on any atom is 0.242 e. The zero-order valence-electron chi connectivity index (χ0n) is 21.1. The highest BCUT2D eigenvalue weighted by Gasteiger charge is 2.21. The standard InChI is InChI=1S/C28H37N3O4/c1-4-8-27(32)30(16-7-18-34-2)21-28(33)31(20-22-11-13-24(35-3)14-12-22)17-15-23-19-29-26-10-6-5-9-25(23)26/h5-6,9-14,19,29H,4,7-8,15-18,20-21H2,1-3H3. The molecule has 0 bridgehead atoms. The SMILES string of the molecule is CCCC(=O)N(CCCOC)CC(=O)N(CCc1c[nH]c2ccccc12)Cc1ccc(OC)cc1. The van der Waals surface area contributed by atoms with E-state index in [4.69, 9.17) is 9.47 Å². The van der Waals surface area contributed by atoms with Crippen LogP contribution in [0.2, 0.25) is 0 Å². The van der Waals surface area contributed by atoms with Crippen molar-refractivity contribution < 1.29 is 19.1 Å². The van der Waals surface area contributed by atoms with E-state index in [2.05, 4.69) is 17.1 Å². The van der Waals surface area contributed by atoms with Gasteiger partial charge in [-0.1, -0.05) is 37.3 Å². The highest BCUT2D eigenvalue weighted by Crippen LogP contribution is 2.19. The number of ether oxygens (including phenoxy) is 2. The second kappa shape index (κ2) is 13.5. The Morgan fingerprint density at radius 1 is 0.943 bits per heavy atom. The molecule has 1 N–H and O–H groups in total. The molecule has 7 heteroatoms. The number of hydrogen-bond acceptors (Lipinski definition) is 4. The third-order valence-electron chi connectivity index (χ3n) is 6.13. The summed E-state index contributed by atoms with van der Waals surface area (Å²) in [4.78, 5) is 33.1. The summed E-state index contributed by atoms with van der Waals surface area (Å²) < 4.78 is 10.4. The first-order valence-electron chi connectivity index (χ1n) is 12.3. The molecule has 0 aliphatic carbocycles. The smallest absolute Gasteiger partial charge is 0.242 e. The molecule has 0 fully saturated rings. The van der Waals surface area contributed by atoms with Gasteiger partial charge >= 0.3 is 0 Å². The van der Waals surface area contributed by atoms with Crippen LogP contribution in [0.3, 0.4) is 0 Å². The Kier molecular flexibility index (Phi) is 10.2. The Hall–Kier alpha value is -3.32. The van der Waals surface area contributed by atoms with E-state index < -0.39 is 0 Å². The number of fused-ring (bicyclic) bond motifs is 1. The van der Waals surface area contributed by atoms with Gasteiger partial charge in [-0.25, -0.2) is 0 Å². The monoisotopic (exact) mass is 479 g/mol. The van der Waals surface area contributed by atoms with Crippen LogP contribution in [0, 0.1) is 0 Å². The van der Waals surface area contributed by atoms with Crippen molar-refractivity contribution in [3.8, 4) is 5.75 Å². The molecule has 0 atom stereocenters. The van der Waals surface area contributed by atoms with Crippen molar-refractivity contribution in [2.24, 2.45) is 0 Å². The van der Waals surface area contributed by atoms with E-state index in [1.807, 2.05) is 54.4 Å². The van der Waals surface area contributed by atoms with E-state index in [0.29, 0.717) is 39.1 Å². The Morgan fingerprint density at radius 3 is 2.43 bits per heavy atom. The topological polar surface area (TPSA) is 74.9 Å². The molecule has 0 unspecified atom stereocenters. The molecule has 7 nitrogen and oxygen atoms in total. The van der Waals surface area contributed by atoms with E-state index in [1.165, 1.54) is 10.9 Å². The lowest BCUT2D eigenvalue weighted by atomic mass is 10.1. The third-order valence-corrected chi connectivity index (χ3v) is 6.13. The number of aromatic amines is 1. The average Bonchev–Trinajstić information content (AvgIpc) is 3.29. The predicted octanol–water partition coefficient (Wildman–Crippen LogP) is 4.41. The largest absolute Gasteiger partial charge is 0.497 e. The van der Waals surface area contributed by atoms with Crippen molar-refractivity contribution >= 4 is 22.7 Å². The summed E-state index contributed by atoms with van der Waals surface area (Å²) in [6.07, 6.45) is 4.63. The molecule has 3 rings (SSSR count). The lowest BCUT2D eigenvalue weighted by Gasteiger charge is -2.28. The molecule has 0 saturated carbocycles. The van der Waals surface area contributed by atoms with Gasteiger partial charge in [0.15, 0.2) is 0 Å². The molecule has 0 radical (unpaired) electrons. The molecule has 35 heavy (non-hydrogen) atoms. The number of aromatic nitrogens is 1. The lowest BCUT2D eigenvalue weighted by Crippen LogP contribution is -2.43. The van der Waals surface area contributed by atoms with Crippen LogP contribution in [0.4, 0.5) is 0 Å². The molecule has 3 aromatic rings. The van der Waals surface area contributed by atoms with E-state index in [-0.39, 0.29) is 18.4 Å². The number of carbonyl (C=O) groups is 2. The average molecular weight is 480 g/mol. The van der Waals surface area contributed by atoms with Crippen LogP contribution in [-0.4, -0.2) is 67.1 Å². The number of para-hydroxylation sites is 1. The minimum atomic E-state index is -0.0532. The van der Waals surface area contributed by atoms with Crippen LogP contribution >= 0.6 is 0 Å². The summed E-state index contributed by atoms with van der Waals surface area (Å²) in [5.74, 6) is 0.736. The fraction of sp³-hybridized carbons (Fsp3) is 0.429. The molecule has 2 aromatic carbocycles. The summed E-state index contributed by atoms with van der Waals surface area (Å²) in [5, 5.41) is 1.17. The first kappa shape index (κ1) is 26.3. The second-order valence-electron chi connectivity index (χ2n) is 8.68. The van der Waals surface area contributed by atoms with Crippen LogP contribution in [0.25, 0.3) is 10.9 Å². The number of hydrogen-bond donors (Lipinski definition) is 1. The fourth-order valence-electron chi connectivity index (χ4n) is 4.16. The molecule has 1 aromatic heterocycles. The van der Waals surface area contributed by atoms with Gasteiger partial charge < -0.3 is 24.3 Å². The molecule has 188 valence electrons. The van der Waals surface area contributed by atoms with Crippen LogP contribution < -0.4 is 4.74 Å². The molecular formula is C28H37N3O4. The molecule has 2 amide bonds. The van der Waals surface area contributed by atoms with Crippen molar-refractivity contribution in [3.63, 3.8) is 0 Å². The minimum absolute atomic E-state index is 0.0120.